The average molecular weight is 727 g/mol. The van der Waals surface area contributed by atoms with E-state index in [1.165, 1.54) is 78.0 Å². The predicted octanol–water partition coefficient (Wildman–Crippen LogP) is 10.5. The van der Waals surface area contributed by atoms with Crippen molar-refractivity contribution in [3.8, 4) is 0 Å². The van der Waals surface area contributed by atoms with E-state index >= 15 is 0 Å². The van der Waals surface area contributed by atoms with E-state index in [4.69, 9.17) is 4.99 Å². The number of benzodiazepines with no additional fused rings is 1. The number of allylic oxidation sites excluding steroid dienone is 2. The molecule has 0 unspecified atom stereocenters. The van der Waals surface area contributed by atoms with Crippen LogP contribution in [-0.2, 0) is 0 Å². The SMILES string of the molecule is C/C(C1=NC(C)(C)C(C)(C)N(C)c2c(C)c(C)c(C)c(C)c21)=C(/C)c1c(C)c(C)c(C)c(C)c1C.II. The molecule has 0 amide bonds. The molecule has 1 heterocycles. The highest BCUT2D eigenvalue weighted by Crippen LogP contribution is 2.45. The van der Waals surface area contributed by atoms with Crippen LogP contribution in [0, 0.1) is 62.3 Å². The number of rotatable bonds is 2. The zero-order valence-corrected chi connectivity index (χ0v) is 30.5. The van der Waals surface area contributed by atoms with Crippen LogP contribution in [0.3, 0.4) is 0 Å². The van der Waals surface area contributed by atoms with Crippen molar-refractivity contribution in [1.29, 1.82) is 0 Å². The standard InChI is InChI=1S/C33H48N2.I2/c1-17-18(2)22(6)28(23(7)19(17)3)25(9)26(10)30-29-24(8)20(4)21(5)27(11)31(29)35(16)33(14,15)32(12,13)34-30;1-2/h1-16H3;/b26-25+;. The molecule has 0 N–H and O–H groups in total. The second kappa shape index (κ2) is 11.3. The van der Waals surface area contributed by atoms with E-state index in [0.717, 1.165) is 5.71 Å². The highest BCUT2D eigenvalue weighted by Gasteiger charge is 2.45. The summed E-state index contributed by atoms with van der Waals surface area (Å²) in [4.78, 5) is 8.10. The Morgan fingerprint density at radius 1 is 0.595 bits per heavy atom. The van der Waals surface area contributed by atoms with Crippen LogP contribution in [0.25, 0.3) is 5.57 Å². The van der Waals surface area contributed by atoms with E-state index < -0.39 is 0 Å². The molecule has 3 rings (SSSR count). The summed E-state index contributed by atoms with van der Waals surface area (Å²) in [5.41, 5.74) is 19.8. The second-order valence-corrected chi connectivity index (χ2v) is 12.1. The molecule has 0 atom stereocenters. The zero-order chi connectivity index (χ0) is 28.9. The number of fused-ring (bicyclic) bond motifs is 1. The maximum atomic E-state index is 5.61. The van der Waals surface area contributed by atoms with Gasteiger partial charge in [-0.2, -0.15) is 0 Å². The van der Waals surface area contributed by atoms with Gasteiger partial charge in [0.2, 0.25) is 0 Å². The molecule has 0 aromatic heterocycles. The highest BCUT2D eigenvalue weighted by molar-refractivity contribution is 15.0. The van der Waals surface area contributed by atoms with Gasteiger partial charge in [-0.3, -0.25) is 4.99 Å². The summed E-state index contributed by atoms with van der Waals surface area (Å²) < 4.78 is 0. The van der Waals surface area contributed by atoms with Crippen molar-refractivity contribution in [2.24, 2.45) is 4.99 Å². The molecule has 0 spiro atoms. The number of halogens is 2. The molecular weight excluding hydrogens is 678 g/mol. The van der Waals surface area contributed by atoms with Crippen molar-refractivity contribution in [3.63, 3.8) is 0 Å². The van der Waals surface area contributed by atoms with Crippen molar-refractivity contribution in [3.05, 3.63) is 66.8 Å². The first-order valence-electron chi connectivity index (χ1n) is 13.2. The number of hydrogen-bond donors (Lipinski definition) is 0. The molecule has 0 saturated heterocycles. The average Bonchev–Trinajstić information content (AvgIpc) is 2.91. The summed E-state index contributed by atoms with van der Waals surface area (Å²) in [6.45, 7) is 34.3. The highest BCUT2D eigenvalue weighted by atomic mass is 128. The molecule has 37 heavy (non-hydrogen) atoms. The first-order chi connectivity index (χ1) is 16.9. The minimum atomic E-state index is -0.276. The van der Waals surface area contributed by atoms with E-state index in [-0.39, 0.29) is 11.1 Å². The van der Waals surface area contributed by atoms with Crippen LogP contribution < -0.4 is 4.90 Å². The second-order valence-electron chi connectivity index (χ2n) is 12.1. The Balaban J connectivity index is 0.00000235. The van der Waals surface area contributed by atoms with Crippen LogP contribution in [0.2, 0.25) is 0 Å². The van der Waals surface area contributed by atoms with Gasteiger partial charge in [0.15, 0.2) is 0 Å². The van der Waals surface area contributed by atoms with Gasteiger partial charge in [-0.05, 0) is 171 Å². The molecule has 2 aromatic carbocycles. The lowest BCUT2D eigenvalue weighted by Crippen LogP contribution is -2.55. The maximum absolute atomic E-state index is 5.61. The summed E-state index contributed by atoms with van der Waals surface area (Å²) in [6, 6.07) is 0. The Bertz CT molecular complexity index is 1280. The van der Waals surface area contributed by atoms with Crippen LogP contribution in [-0.4, -0.2) is 23.8 Å². The Kier molecular flexibility index (Phi) is 9.88. The van der Waals surface area contributed by atoms with Gasteiger partial charge >= 0.3 is 0 Å². The Hall–Kier alpha value is -0.890. The number of hydrogen-bond acceptors (Lipinski definition) is 2. The normalized spacial score (nSPS) is 16.8. The van der Waals surface area contributed by atoms with E-state index in [2.05, 4.69) is 153 Å². The first kappa shape index (κ1) is 32.3. The van der Waals surface area contributed by atoms with E-state index in [9.17, 15) is 0 Å². The lowest BCUT2D eigenvalue weighted by Gasteiger charge is -2.46. The van der Waals surface area contributed by atoms with E-state index in [0.29, 0.717) is 0 Å². The zero-order valence-electron chi connectivity index (χ0n) is 26.2. The molecule has 0 fully saturated rings. The van der Waals surface area contributed by atoms with Gasteiger partial charge in [0, 0.05) is 55.5 Å². The van der Waals surface area contributed by atoms with Crippen LogP contribution in [0.1, 0.15) is 103 Å². The van der Waals surface area contributed by atoms with E-state index in [1.54, 1.807) is 0 Å². The monoisotopic (exact) mass is 726 g/mol. The van der Waals surface area contributed by atoms with Crippen molar-refractivity contribution in [1.82, 2.24) is 0 Å². The molecule has 1 aliphatic rings. The fourth-order valence-electron chi connectivity index (χ4n) is 5.86. The van der Waals surface area contributed by atoms with Crippen molar-refractivity contribution in [2.75, 3.05) is 11.9 Å². The Labute approximate surface area is 251 Å². The summed E-state index contributed by atoms with van der Waals surface area (Å²) in [6.07, 6.45) is 0. The van der Waals surface area contributed by atoms with Crippen molar-refractivity contribution >= 4 is 54.2 Å². The summed E-state index contributed by atoms with van der Waals surface area (Å²) in [7, 11) is 2.26. The summed E-state index contributed by atoms with van der Waals surface area (Å²) in [5.74, 6) is 0. The molecule has 2 aromatic rings. The van der Waals surface area contributed by atoms with Gasteiger partial charge in [0.1, 0.15) is 0 Å². The number of anilines is 1. The molecule has 1 aliphatic heterocycles. The van der Waals surface area contributed by atoms with Gasteiger partial charge < -0.3 is 4.90 Å². The Morgan fingerprint density at radius 2 is 0.973 bits per heavy atom. The largest absolute Gasteiger partial charge is 0.366 e. The van der Waals surface area contributed by atoms with Gasteiger partial charge in [0.05, 0.1) is 16.8 Å². The number of likely N-dealkylation sites (N-methyl/N-ethyl adjacent to an activating group) is 1. The van der Waals surface area contributed by atoms with Crippen LogP contribution >= 0.6 is 37.2 Å². The molecule has 204 valence electrons. The fourth-order valence-corrected chi connectivity index (χ4v) is 5.86. The van der Waals surface area contributed by atoms with Crippen LogP contribution in [0.4, 0.5) is 5.69 Å². The first-order valence-corrected chi connectivity index (χ1v) is 19.5. The van der Waals surface area contributed by atoms with Gasteiger partial charge in [0.25, 0.3) is 0 Å². The quantitative estimate of drug-likeness (QED) is 0.282. The van der Waals surface area contributed by atoms with E-state index in [1.807, 2.05) is 0 Å². The minimum Gasteiger partial charge on any atom is -0.366 e. The molecule has 2 nitrogen and oxygen atoms in total. The third-order valence-electron chi connectivity index (χ3n) is 10.2. The maximum Gasteiger partial charge on any atom is 0.0784 e. The molecule has 0 aliphatic carbocycles. The molecule has 0 bridgehead atoms. The van der Waals surface area contributed by atoms with Crippen LogP contribution in [0.5, 0.6) is 0 Å². The van der Waals surface area contributed by atoms with Gasteiger partial charge in [-0.15, -0.1) is 0 Å². The fraction of sp³-hybridized carbons (Fsp3) is 0.545. The number of aliphatic imine (C=N–C) groups is 1. The molecule has 4 heteroatoms. The molecule has 0 saturated carbocycles. The number of benzene rings is 2. The Morgan fingerprint density at radius 3 is 1.43 bits per heavy atom. The third kappa shape index (κ3) is 5.07. The van der Waals surface area contributed by atoms with Gasteiger partial charge in [-0.25, -0.2) is 0 Å². The molecular formula is C33H48I2N2. The number of nitrogens with zero attached hydrogens (tertiary/aromatic N) is 2. The van der Waals surface area contributed by atoms with Crippen LogP contribution in [0.15, 0.2) is 10.6 Å². The summed E-state index contributed by atoms with van der Waals surface area (Å²) in [5, 5.41) is 0. The van der Waals surface area contributed by atoms with Crippen molar-refractivity contribution < 1.29 is 0 Å². The molecule has 0 radical (unpaired) electrons. The predicted molar refractivity (Wildman–Crippen MR) is 185 cm³/mol. The third-order valence-corrected chi connectivity index (χ3v) is 10.2. The topological polar surface area (TPSA) is 15.6 Å². The lowest BCUT2D eigenvalue weighted by atomic mass is 9.81. The van der Waals surface area contributed by atoms with Gasteiger partial charge in [-0.1, -0.05) is 0 Å². The minimum absolute atomic E-state index is 0.153. The lowest BCUT2D eigenvalue weighted by molar-refractivity contribution is 0.301. The van der Waals surface area contributed by atoms with Crippen molar-refractivity contribution in [2.45, 2.75) is 115 Å². The smallest absolute Gasteiger partial charge is 0.0784 e. The summed E-state index contributed by atoms with van der Waals surface area (Å²) >= 11 is 4.24.